The van der Waals surface area contributed by atoms with Gasteiger partial charge in [0, 0.05) is 0 Å². The highest BCUT2D eigenvalue weighted by Gasteiger charge is 2.18. The zero-order chi connectivity index (χ0) is 15.7. The molecule has 116 valence electrons. The monoisotopic (exact) mass is 289 g/mol. The van der Waals surface area contributed by atoms with Crippen molar-refractivity contribution in [1.82, 2.24) is 5.32 Å². The van der Waals surface area contributed by atoms with E-state index in [1.165, 1.54) is 6.42 Å². The summed E-state index contributed by atoms with van der Waals surface area (Å²) in [6.45, 7) is 7.75. The predicted octanol–water partition coefficient (Wildman–Crippen LogP) is 5.00. The van der Waals surface area contributed by atoms with Gasteiger partial charge in [0.25, 0.3) is 0 Å². The lowest BCUT2D eigenvalue weighted by Crippen LogP contribution is -2.34. The number of ether oxygens (including phenoxy) is 1. The molecule has 1 aromatic rings. The van der Waals surface area contributed by atoms with Crippen LogP contribution in [0.4, 0.5) is 4.79 Å². The highest BCUT2D eigenvalue weighted by Crippen LogP contribution is 2.16. The first-order valence-electron chi connectivity index (χ1n) is 7.63. The summed E-state index contributed by atoms with van der Waals surface area (Å²) < 4.78 is 5.33. The third-order valence-electron chi connectivity index (χ3n) is 2.88. The van der Waals surface area contributed by atoms with Gasteiger partial charge < -0.3 is 10.1 Å². The van der Waals surface area contributed by atoms with Gasteiger partial charge in [-0.2, -0.15) is 0 Å². The Morgan fingerprint density at radius 1 is 1.29 bits per heavy atom. The van der Waals surface area contributed by atoms with Crippen LogP contribution < -0.4 is 5.32 Å². The second-order valence-electron chi connectivity index (χ2n) is 6.10. The normalized spacial score (nSPS) is 13.1. The van der Waals surface area contributed by atoms with Crippen molar-refractivity contribution < 1.29 is 9.53 Å². The summed E-state index contributed by atoms with van der Waals surface area (Å²) in [5.41, 5.74) is 0.563. The zero-order valence-corrected chi connectivity index (χ0v) is 13.6. The fourth-order valence-corrected chi connectivity index (χ4v) is 1.89. The highest BCUT2D eigenvalue weighted by atomic mass is 16.6. The molecule has 0 bridgehead atoms. The third-order valence-corrected chi connectivity index (χ3v) is 2.88. The minimum Gasteiger partial charge on any atom is -0.444 e. The Morgan fingerprint density at radius 3 is 2.52 bits per heavy atom. The van der Waals surface area contributed by atoms with E-state index in [9.17, 15) is 4.79 Å². The standard InChI is InChI=1S/C18H27NO2/c1-5-6-7-11-14-16(15-12-9-8-10-13-15)19-17(20)21-18(2,3)4/h8-14,16H,5-7H2,1-4H3,(H,19,20)/b14-11+. The highest BCUT2D eigenvalue weighted by molar-refractivity contribution is 5.68. The number of allylic oxidation sites excluding steroid dienone is 1. The Hall–Kier alpha value is -1.77. The molecule has 0 spiro atoms. The first-order chi connectivity index (χ1) is 9.92. The minimum absolute atomic E-state index is 0.155. The quantitative estimate of drug-likeness (QED) is 0.591. The maximum absolute atomic E-state index is 12.0. The summed E-state index contributed by atoms with van der Waals surface area (Å²) in [4.78, 5) is 12.0. The summed E-state index contributed by atoms with van der Waals surface area (Å²) in [6.07, 6.45) is 7.12. The van der Waals surface area contributed by atoms with Crippen molar-refractivity contribution in [1.29, 1.82) is 0 Å². The summed E-state index contributed by atoms with van der Waals surface area (Å²) >= 11 is 0. The first-order valence-corrected chi connectivity index (χ1v) is 7.63. The molecule has 1 atom stereocenters. The van der Waals surface area contributed by atoms with Gasteiger partial charge in [0.05, 0.1) is 6.04 Å². The van der Waals surface area contributed by atoms with E-state index >= 15 is 0 Å². The van der Waals surface area contributed by atoms with Crippen LogP contribution in [-0.4, -0.2) is 11.7 Å². The van der Waals surface area contributed by atoms with Crippen molar-refractivity contribution >= 4 is 6.09 Å². The number of unbranched alkanes of at least 4 members (excludes halogenated alkanes) is 2. The van der Waals surface area contributed by atoms with E-state index in [1.807, 2.05) is 57.2 Å². The number of carbonyl (C=O) groups is 1. The van der Waals surface area contributed by atoms with Crippen LogP contribution in [0.15, 0.2) is 42.5 Å². The van der Waals surface area contributed by atoms with E-state index in [1.54, 1.807) is 0 Å². The third kappa shape index (κ3) is 7.54. The molecule has 0 fully saturated rings. The molecule has 1 aromatic carbocycles. The number of amides is 1. The number of benzene rings is 1. The van der Waals surface area contributed by atoms with Crippen LogP contribution in [-0.2, 0) is 4.74 Å². The predicted molar refractivity (Wildman–Crippen MR) is 87.2 cm³/mol. The second-order valence-corrected chi connectivity index (χ2v) is 6.10. The second kappa shape index (κ2) is 8.50. The number of hydrogen-bond acceptors (Lipinski definition) is 2. The van der Waals surface area contributed by atoms with Gasteiger partial charge in [-0.1, -0.05) is 62.2 Å². The number of nitrogens with one attached hydrogen (secondary N) is 1. The largest absolute Gasteiger partial charge is 0.444 e. The molecule has 1 unspecified atom stereocenters. The molecule has 0 radical (unpaired) electrons. The molecular formula is C18H27NO2. The topological polar surface area (TPSA) is 38.3 Å². The zero-order valence-electron chi connectivity index (χ0n) is 13.6. The van der Waals surface area contributed by atoms with Crippen molar-refractivity contribution in [3.8, 4) is 0 Å². The Balaban J connectivity index is 2.73. The van der Waals surface area contributed by atoms with Gasteiger partial charge in [-0.05, 0) is 32.8 Å². The van der Waals surface area contributed by atoms with Gasteiger partial charge in [0.2, 0.25) is 0 Å². The van der Waals surface area contributed by atoms with Crippen LogP contribution in [0.25, 0.3) is 0 Å². The van der Waals surface area contributed by atoms with E-state index in [0.717, 1.165) is 18.4 Å². The van der Waals surface area contributed by atoms with Crippen molar-refractivity contribution in [2.75, 3.05) is 0 Å². The van der Waals surface area contributed by atoms with Gasteiger partial charge in [-0.25, -0.2) is 4.79 Å². The molecule has 0 aromatic heterocycles. The fourth-order valence-electron chi connectivity index (χ4n) is 1.89. The van der Waals surface area contributed by atoms with E-state index < -0.39 is 11.7 Å². The molecule has 0 saturated heterocycles. The van der Waals surface area contributed by atoms with E-state index in [-0.39, 0.29) is 6.04 Å². The summed E-state index contributed by atoms with van der Waals surface area (Å²) in [6, 6.07) is 9.77. The lowest BCUT2D eigenvalue weighted by molar-refractivity contribution is 0.0514. The fraction of sp³-hybridized carbons (Fsp3) is 0.500. The molecular weight excluding hydrogens is 262 g/mol. The molecule has 1 amide bonds. The number of alkyl carbamates (subject to hydrolysis) is 1. The van der Waals surface area contributed by atoms with Gasteiger partial charge >= 0.3 is 6.09 Å². The average Bonchev–Trinajstić information content (AvgIpc) is 2.41. The molecule has 21 heavy (non-hydrogen) atoms. The molecule has 0 aliphatic heterocycles. The van der Waals surface area contributed by atoms with Gasteiger partial charge in [-0.3, -0.25) is 0 Å². The van der Waals surface area contributed by atoms with Gasteiger partial charge in [0.1, 0.15) is 5.60 Å². The lowest BCUT2D eigenvalue weighted by Gasteiger charge is -2.22. The van der Waals surface area contributed by atoms with Crippen LogP contribution in [0.5, 0.6) is 0 Å². The summed E-state index contributed by atoms with van der Waals surface area (Å²) in [5, 5.41) is 2.92. The summed E-state index contributed by atoms with van der Waals surface area (Å²) in [5.74, 6) is 0. The Morgan fingerprint density at radius 2 is 1.95 bits per heavy atom. The SMILES string of the molecule is CCCC/C=C/C(NC(=O)OC(C)(C)C)c1ccccc1. The average molecular weight is 289 g/mol. The van der Waals surface area contributed by atoms with Crippen LogP contribution in [0.3, 0.4) is 0 Å². The molecule has 1 N–H and O–H groups in total. The maximum Gasteiger partial charge on any atom is 0.408 e. The van der Waals surface area contributed by atoms with Gasteiger partial charge in [0.15, 0.2) is 0 Å². The Bertz CT molecular complexity index is 446. The molecule has 0 aliphatic rings. The smallest absolute Gasteiger partial charge is 0.408 e. The molecule has 3 heteroatoms. The van der Waals surface area contributed by atoms with Crippen molar-refractivity contribution in [2.24, 2.45) is 0 Å². The van der Waals surface area contributed by atoms with Crippen molar-refractivity contribution in [3.05, 3.63) is 48.0 Å². The van der Waals surface area contributed by atoms with Gasteiger partial charge in [-0.15, -0.1) is 0 Å². The number of rotatable bonds is 6. The summed E-state index contributed by atoms with van der Waals surface area (Å²) in [7, 11) is 0. The van der Waals surface area contributed by atoms with E-state index in [4.69, 9.17) is 4.74 Å². The molecule has 3 nitrogen and oxygen atoms in total. The van der Waals surface area contributed by atoms with Crippen LogP contribution >= 0.6 is 0 Å². The van der Waals surface area contributed by atoms with Crippen molar-refractivity contribution in [3.63, 3.8) is 0 Å². The first kappa shape index (κ1) is 17.3. The minimum atomic E-state index is -0.489. The molecule has 0 heterocycles. The van der Waals surface area contributed by atoms with E-state index in [2.05, 4.69) is 18.3 Å². The lowest BCUT2D eigenvalue weighted by atomic mass is 10.1. The van der Waals surface area contributed by atoms with Crippen LogP contribution in [0.2, 0.25) is 0 Å². The Labute approximate surface area is 128 Å². The maximum atomic E-state index is 12.0. The number of hydrogen-bond donors (Lipinski definition) is 1. The van der Waals surface area contributed by atoms with Crippen LogP contribution in [0, 0.1) is 0 Å². The Kier molecular flexibility index (Phi) is 7.00. The molecule has 0 aliphatic carbocycles. The number of carbonyl (C=O) groups excluding carboxylic acids is 1. The molecule has 0 saturated carbocycles. The molecule has 1 rings (SSSR count). The van der Waals surface area contributed by atoms with Crippen molar-refractivity contribution in [2.45, 2.75) is 58.6 Å². The van der Waals surface area contributed by atoms with Crippen LogP contribution in [0.1, 0.15) is 58.6 Å². The van der Waals surface area contributed by atoms with E-state index in [0.29, 0.717) is 0 Å².